The van der Waals surface area contributed by atoms with E-state index in [-0.39, 0.29) is 6.10 Å². The third-order valence-electron chi connectivity index (χ3n) is 3.37. The van der Waals surface area contributed by atoms with E-state index in [0.717, 1.165) is 16.7 Å². The number of hydrogen-bond acceptors (Lipinski definition) is 3. The largest absolute Gasteiger partial charge is 0.446 e. The van der Waals surface area contributed by atoms with Crippen molar-refractivity contribution in [1.29, 1.82) is 0 Å². The van der Waals surface area contributed by atoms with Gasteiger partial charge in [-0.2, -0.15) is 0 Å². The molecule has 18 heavy (non-hydrogen) atoms. The highest BCUT2D eigenvalue weighted by atomic mass is 16.6. The van der Waals surface area contributed by atoms with Crippen LogP contribution in [0.3, 0.4) is 0 Å². The summed E-state index contributed by atoms with van der Waals surface area (Å²) in [5.41, 5.74) is 2.33. The van der Waals surface area contributed by atoms with Crippen LogP contribution in [0.4, 0.5) is 4.79 Å². The molecule has 0 aliphatic heterocycles. The lowest BCUT2D eigenvalue weighted by molar-refractivity contribution is -0.121. The summed E-state index contributed by atoms with van der Waals surface area (Å²) in [7, 11) is 1.52. The number of aliphatic hydroxyl groups is 1. The molecule has 4 heteroatoms. The number of rotatable bonds is 2. The highest BCUT2D eigenvalue weighted by Gasteiger charge is 2.46. The minimum Gasteiger partial charge on any atom is -0.446 e. The Morgan fingerprint density at radius 2 is 1.89 bits per heavy atom. The third-order valence-corrected chi connectivity index (χ3v) is 3.37. The number of hydrogen-bond donors (Lipinski definition) is 2. The maximum absolute atomic E-state index is 11.1. The fourth-order valence-electron chi connectivity index (χ4n) is 2.47. The van der Waals surface area contributed by atoms with Gasteiger partial charge in [0.15, 0.2) is 0 Å². The highest BCUT2D eigenvalue weighted by molar-refractivity contribution is 5.67. The van der Waals surface area contributed by atoms with Crippen LogP contribution in [0.15, 0.2) is 18.2 Å². The molecule has 0 atom stereocenters. The molecular formula is C14H19NO3. The molecule has 0 saturated heterocycles. The van der Waals surface area contributed by atoms with E-state index in [1.54, 1.807) is 0 Å². The van der Waals surface area contributed by atoms with Crippen molar-refractivity contribution in [2.45, 2.75) is 38.4 Å². The molecule has 2 rings (SSSR count). The summed E-state index contributed by atoms with van der Waals surface area (Å²) in [6.07, 6.45) is 0.283. The van der Waals surface area contributed by atoms with Crippen molar-refractivity contribution in [3.05, 3.63) is 34.9 Å². The Labute approximate surface area is 107 Å². The van der Waals surface area contributed by atoms with E-state index in [1.165, 1.54) is 7.05 Å². The molecule has 0 heterocycles. The predicted octanol–water partition coefficient (Wildman–Crippen LogP) is 2.01. The molecule has 1 amide bonds. The second-order valence-electron chi connectivity index (χ2n) is 5.09. The van der Waals surface area contributed by atoms with Gasteiger partial charge in [0.25, 0.3) is 0 Å². The zero-order valence-electron chi connectivity index (χ0n) is 11.0. The molecule has 1 aliphatic carbocycles. The average molecular weight is 249 g/mol. The fraction of sp³-hybridized carbons (Fsp3) is 0.500. The number of nitrogens with one attached hydrogen (secondary N) is 1. The number of amides is 1. The Balaban J connectivity index is 2.05. The first-order chi connectivity index (χ1) is 8.43. The number of carbonyl (C=O) groups is 1. The van der Waals surface area contributed by atoms with Gasteiger partial charge >= 0.3 is 6.09 Å². The first kappa shape index (κ1) is 12.9. The van der Waals surface area contributed by atoms with Gasteiger partial charge in [-0.15, -0.1) is 0 Å². The summed E-state index contributed by atoms with van der Waals surface area (Å²) in [5, 5.41) is 12.9. The Morgan fingerprint density at radius 3 is 2.39 bits per heavy atom. The zero-order valence-corrected chi connectivity index (χ0v) is 11.0. The van der Waals surface area contributed by atoms with E-state index < -0.39 is 11.7 Å². The molecule has 1 fully saturated rings. The summed E-state index contributed by atoms with van der Waals surface area (Å²) in [5.74, 6) is 0. The van der Waals surface area contributed by atoms with Crippen LogP contribution in [0.2, 0.25) is 0 Å². The number of ether oxygens (including phenoxy) is 1. The summed E-state index contributed by atoms with van der Waals surface area (Å²) in [4.78, 5) is 11.1. The second kappa shape index (κ2) is 4.61. The molecule has 1 aromatic rings. The van der Waals surface area contributed by atoms with Gasteiger partial charge in [0.2, 0.25) is 0 Å². The lowest BCUT2D eigenvalue weighted by Crippen LogP contribution is -2.47. The minimum absolute atomic E-state index is 0.198. The molecule has 4 nitrogen and oxygen atoms in total. The summed E-state index contributed by atoms with van der Waals surface area (Å²) < 4.78 is 5.10. The van der Waals surface area contributed by atoms with Crippen LogP contribution in [0.5, 0.6) is 0 Å². The monoisotopic (exact) mass is 249 g/mol. The molecule has 0 bridgehead atoms. The van der Waals surface area contributed by atoms with Crippen molar-refractivity contribution in [3.8, 4) is 0 Å². The van der Waals surface area contributed by atoms with Crippen molar-refractivity contribution in [2.75, 3.05) is 7.05 Å². The van der Waals surface area contributed by atoms with Gasteiger partial charge in [-0.25, -0.2) is 4.79 Å². The van der Waals surface area contributed by atoms with Crippen molar-refractivity contribution in [3.63, 3.8) is 0 Å². The van der Waals surface area contributed by atoms with Crippen LogP contribution in [-0.2, 0) is 10.3 Å². The standard InChI is InChI=1S/C14H19NO3/c1-9-4-10(2)6-11(5-9)14(17)7-12(8-14)18-13(16)15-3/h4-6,12,17H,7-8H2,1-3H3,(H,15,16). The second-order valence-corrected chi connectivity index (χ2v) is 5.09. The molecule has 1 aromatic carbocycles. The molecular weight excluding hydrogens is 230 g/mol. The van der Waals surface area contributed by atoms with E-state index in [1.807, 2.05) is 26.0 Å². The summed E-state index contributed by atoms with van der Waals surface area (Å²) in [6, 6.07) is 6.05. The number of alkyl carbamates (subject to hydrolysis) is 1. The van der Waals surface area contributed by atoms with Gasteiger partial charge in [0.05, 0.1) is 5.60 Å². The number of aryl methyl sites for hydroxylation is 2. The van der Waals surface area contributed by atoms with Crippen molar-refractivity contribution in [1.82, 2.24) is 5.32 Å². The van der Waals surface area contributed by atoms with Crippen LogP contribution in [-0.4, -0.2) is 24.4 Å². The minimum atomic E-state index is -0.852. The third kappa shape index (κ3) is 2.48. The molecule has 1 saturated carbocycles. The Morgan fingerprint density at radius 1 is 1.33 bits per heavy atom. The molecule has 0 spiro atoms. The average Bonchev–Trinajstić information content (AvgIpc) is 2.25. The Bertz CT molecular complexity index is 444. The van der Waals surface area contributed by atoms with Crippen molar-refractivity contribution in [2.24, 2.45) is 0 Å². The predicted molar refractivity (Wildman–Crippen MR) is 68.4 cm³/mol. The quantitative estimate of drug-likeness (QED) is 0.843. The molecule has 0 unspecified atom stereocenters. The SMILES string of the molecule is CNC(=O)OC1CC(O)(c2cc(C)cc(C)c2)C1. The first-order valence-corrected chi connectivity index (χ1v) is 6.12. The molecule has 2 N–H and O–H groups in total. The maximum Gasteiger partial charge on any atom is 0.407 e. The lowest BCUT2D eigenvalue weighted by Gasteiger charge is -2.43. The maximum atomic E-state index is 11.1. The van der Waals surface area contributed by atoms with Gasteiger partial charge in [0, 0.05) is 19.9 Å². The van der Waals surface area contributed by atoms with Crippen LogP contribution in [0.1, 0.15) is 29.5 Å². The van der Waals surface area contributed by atoms with Crippen LogP contribution < -0.4 is 5.32 Å². The normalized spacial score (nSPS) is 26.3. The fourth-order valence-corrected chi connectivity index (χ4v) is 2.47. The van der Waals surface area contributed by atoms with Gasteiger partial charge < -0.3 is 15.2 Å². The van der Waals surface area contributed by atoms with Gasteiger partial charge in [-0.1, -0.05) is 29.3 Å². The number of benzene rings is 1. The van der Waals surface area contributed by atoms with E-state index in [0.29, 0.717) is 12.8 Å². The van der Waals surface area contributed by atoms with Crippen LogP contribution in [0.25, 0.3) is 0 Å². The van der Waals surface area contributed by atoms with Gasteiger partial charge in [-0.05, 0) is 19.4 Å². The van der Waals surface area contributed by atoms with Crippen molar-refractivity contribution < 1.29 is 14.6 Å². The van der Waals surface area contributed by atoms with Crippen LogP contribution in [0, 0.1) is 13.8 Å². The van der Waals surface area contributed by atoms with E-state index >= 15 is 0 Å². The zero-order chi connectivity index (χ0) is 13.3. The summed E-state index contributed by atoms with van der Waals surface area (Å²) in [6.45, 7) is 4.02. The number of carbonyl (C=O) groups excluding carboxylic acids is 1. The Kier molecular flexibility index (Phi) is 3.30. The Hall–Kier alpha value is -1.55. The molecule has 0 aromatic heterocycles. The highest BCUT2D eigenvalue weighted by Crippen LogP contribution is 2.43. The van der Waals surface area contributed by atoms with E-state index in [4.69, 9.17) is 4.74 Å². The molecule has 98 valence electrons. The molecule has 1 aliphatic rings. The van der Waals surface area contributed by atoms with Gasteiger partial charge in [0.1, 0.15) is 6.10 Å². The lowest BCUT2D eigenvalue weighted by atomic mass is 9.72. The van der Waals surface area contributed by atoms with Crippen LogP contribution >= 0.6 is 0 Å². The van der Waals surface area contributed by atoms with Gasteiger partial charge in [-0.3, -0.25) is 0 Å². The topological polar surface area (TPSA) is 58.6 Å². The van der Waals surface area contributed by atoms with E-state index in [2.05, 4.69) is 11.4 Å². The van der Waals surface area contributed by atoms with Crippen molar-refractivity contribution >= 4 is 6.09 Å². The summed E-state index contributed by atoms with van der Waals surface area (Å²) >= 11 is 0. The first-order valence-electron chi connectivity index (χ1n) is 6.12. The smallest absolute Gasteiger partial charge is 0.407 e. The molecule has 0 radical (unpaired) electrons. The van der Waals surface area contributed by atoms with E-state index in [9.17, 15) is 9.90 Å².